The van der Waals surface area contributed by atoms with E-state index in [1.807, 2.05) is 11.0 Å². The van der Waals surface area contributed by atoms with Crippen molar-refractivity contribution in [2.45, 2.75) is 33.2 Å². The van der Waals surface area contributed by atoms with Crippen LogP contribution in [0.1, 0.15) is 27.2 Å². The summed E-state index contributed by atoms with van der Waals surface area (Å²) in [6.45, 7) is 7.20. The Morgan fingerprint density at radius 3 is 2.79 bits per heavy atom. The second kappa shape index (κ2) is 3.26. The Balaban J connectivity index is 2.29. The first-order valence-corrected chi connectivity index (χ1v) is 5.31. The van der Waals surface area contributed by atoms with Crippen molar-refractivity contribution in [3.63, 3.8) is 0 Å². The highest BCUT2D eigenvalue weighted by Crippen LogP contribution is 2.32. The highest BCUT2D eigenvalue weighted by Gasteiger charge is 2.33. The zero-order valence-corrected chi connectivity index (χ0v) is 9.08. The second-order valence-corrected chi connectivity index (χ2v) is 4.50. The van der Waals surface area contributed by atoms with Crippen molar-refractivity contribution in [3.8, 4) is 0 Å². The molecule has 2 nitrogen and oxygen atoms in total. The van der Waals surface area contributed by atoms with Crippen molar-refractivity contribution in [2.24, 2.45) is 5.92 Å². The molecule has 76 valence electrons. The number of hydrogen-bond acceptors (Lipinski definition) is 1. The fourth-order valence-electron chi connectivity index (χ4n) is 2.18. The SMILES string of the molecule is CC1CC=CC2=C1CN(C(C)C)C2=O. The normalized spacial score (nSPS) is 26.4. The van der Waals surface area contributed by atoms with Gasteiger partial charge in [0.25, 0.3) is 5.91 Å². The first kappa shape index (κ1) is 9.50. The van der Waals surface area contributed by atoms with Crippen LogP contribution >= 0.6 is 0 Å². The molecule has 1 heterocycles. The highest BCUT2D eigenvalue weighted by atomic mass is 16.2. The maximum Gasteiger partial charge on any atom is 0.254 e. The van der Waals surface area contributed by atoms with Gasteiger partial charge in [-0.3, -0.25) is 4.79 Å². The van der Waals surface area contributed by atoms with Gasteiger partial charge in [-0.05, 0) is 31.8 Å². The van der Waals surface area contributed by atoms with E-state index in [1.165, 1.54) is 5.57 Å². The molecular formula is C12H17NO. The molecule has 0 fully saturated rings. The molecule has 0 saturated heterocycles. The standard InChI is InChI=1S/C12H17NO/c1-8(2)13-7-11-9(3)5-4-6-10(11)12(13)14/h4,6,8-9H,5,7H2,1-3H3. The fraction of sp³-hybridized carbons (Fsp3) is 0.583. The Morgan fingerprint density at radius 1 is 1.50 bits per heavy atom. The van der Waals surface area contributed by atoms with E-state index in [-0.39, 0.29) is 5.91 Å². The lowest BCUT2D eigenvalue weighted by molar-refractivity contribution is -0.126. The summed E-state index contributed by atoms with van der Waals surface area (Å²) in [6, 6.07) is 0.314. The van der Waals surface area contributed by atoms with Gasteiger partial charge in [-0.15, -0.1) is 0 Å². The lowest BCUT2D eigenvalue weighted by atomic mass is 9.90. The van der Waals surface area contributed by atoms with Gasteiger partial charge in [0.05, 0.1) is 0 Å². The molecule has 0 radical (unpaired) electrons. The van der Waals surface area contributed by atoms with Crippen LogP contribution in [0.15, 0.2) is 23.3 Å². The Morgan fingerprint density at radius 2 is 2.21 bits per heavy atom. The number of rotatable bonds is 1. The van der Waals surface area contributed by atoms with E-state index in [2.05, 4.69) is 26.8 Å². The summed E-state index contributed by atoms with van der Waals surface area (Å²) >= 11 is 0. The molecule has 2 aliphatic rings. The molecule has 0 saturated carbocycles. The zero-order valence-electron chi connectivity index (χ0n) is 9.08. The Bertz CT molecular complexity index is 325. The van der Waals surface area contributed by atoms with Gasteiger partial charge >= 0.3 is 0 Å². The van der Waals surface area contributed by atoms with E-state index in [0.29, 0.717) is 12.0 Å². The van der Waals surface area contributed by atoms with E-state index in [0.717, 1.165) is 18.5 Å². The highest BCUT2D eigenvalue weighted by molar-refractivity contribution is 6.00. The van der Waals surface area contributed by atoms with Crippen LogP contribution < -0.4 is 0 Å². The van der Waals surface area contributed by atoms with E-state index in [9.17, 15) is 4.79 Å². The summed E-state index contributed by atoms with van der Waals surface area (Å²) in [5, 5.41) is 0. The summed E-state index contributed by atoms with van der Waals surface area (Å²) in [5.74, 6) is 0.764. The third-order valence-electron chi connectivity index (χ3n) is 3.17. The van der Waals surface area contributed by atoms with Crippen molar-refractivity contribution >= 4 is 5.91 Å². The van der Waals surface area contributed by atoms with Crippen LogP contribution in [0.4, 0.5) is 0 Å². The summed E-state index contributed by atoms with van der Waals surface area (Å²) in [5.41, 5.74) is 2.30. The van der Waals surface area contributed by atoms with Crippen LogP contribution in [-0.2, 0) is 4.79 Å². The maximum absolute atomic E-state index is 11.9. The van der Waals surface area contributed by atoms with Crippen molar-refractivity contribution in [1.29, 1.82) is 0 Å². The maximum atomic E-state index is 11.9. The monoisotopic (exact) mass is 191 g/mol. The minimum Gasteiger partial charge on any atom is -0.332 e. The summed E-state index contributed by atoms with van der Waals surface area (Å²) in [4.78, 5) is 13.9. The number of allylic oxidation sites excluding steroid dienone is 1. The van der Waals surface area contributed by atoms with Crippen LogP contribution in [0.3, 0.4) is 0 Å². The van der Waals surface area contributed by atoms with E-state index in [1.54, 1.807) is 0 Å². The van der Waals surface area contributed by atoms with Crippen molar-refractivity contribution in [3.05, 3.63) is 23.3 Å². The number of carbonyl (C=O) groups excluding carboxylic acids is 1. The molecule has 0 aromatic heterocycles. The summed E-state index contributed by atoms with van der Waals surface area (Å²) in [6.07, 6.45) is 5.20. The lowest BCUT2D eigenvalue weighted by Gasteiger charge is -2.21. The van der Waals surface area contributed by atoms with Gasteiger partial charge < -0.3 is 4.90 Å². The molecule has 0 aromatic rings. The quantitative estimate of drug-likeness (QED) is 0.621. The number of amides is 1. The first-order valence-electron chi connectivity index (χ1n) is 5.31. The molecule has 1 unspecified atom stereocenters. The van der Waals surface area contributed by atoms with Gasteiger partial charge in [-0.25, -0.2) is 0 Å². The van der Waals surface area contributed by atoms with Crippen LogP contribution in [0.2, 0.25) is 0 Å². The molecule has 1 atom stereocenters. The van der Waals surface area contributed by atoms with Gasteiger partial charge in [0.15, 0.2) is 0 Å². The zero-order chi connectivity index (χ0) is 10.3. The van der Waals surface area contributed by atoms with Gasteiger partial charge in [-0.2, -0.15) is 0 Å². The molecular weight excluding hydrogens is 174 g/mol. The molecule has 2 heteroatoms. The minimum atomic E-state index is 0.220. The predicted octanol–water partition coefficient (Wildman–Crippen LogP) is 2.13. The molecule has 2 rings (SSSR count). The van der Waals surface area contributed by atoms with Gasteiger partial charge in [-0.1, -0.05) is 19.1 Å². The molecule has 1 aliphatic carbocycles. The van der Waals surface area contributed by atoms with Crippen LogP contribution in [0.5, 0.6) is 0 Å². The van der Waals surface area contributed by atoms with Crippen molar-refractivity contribution in [1.82, 2.24) is 4.90 Å². The predicted molar refractivity (Wildman–Crippen MR) is 56.8 cm³/mol. The van der Waals surface area contributed by atoms with E-state index in [4.69, 9.17) is 0 Å². The number of hydrogen-bond donors (Lipinski definition) is 0. The van der Waals surface area contributed by atoms with Crippen LogP contribution in [0.25, 0.3) is 0 Å². The average Bonchev–Trinajstić information content (AvgIpc) is 2.46. The fourth-order valence-corrected chi connectivity index (χ4v) is 2.18. The van der Waals surface area contributed by atoms with E-state index < -0.39 is 0 Å². The lowest BCUT2D eigenvalue weighted by Crippen LogP contribution is -2.33. The molecule has 1 aliphatic heterocycles. The average molecular weight is 191 g/mol. The van der Waals surface area contributed by atoms with Crippen LogP contribution in [0, 0.1) is 5.92 Å². The topological polar surface area (TPSA) is 20.3 Å². The molecule has 0 spiro atoms. The van der Waals surface area contributed by atoms with Crippen molar-refractivity contribution < 1.29 is 4.79 Å². The number of carbonyl (C=O) groups is 1. The van der Waals surface area contributed by atoms with Gasteiger partial charge in [0, 0.05) is 18.2 Å². The van der Waals surface area contributed by atoms with Crippen molar-refractivity contribution in [2.75, 3.05) is 6.54 Å². The minimum absolute atomic E-state index is 0.220. The third kappa shape index (κ3) is 1.29. The van der Waals surface area contributed by atoms with Gasteiger partial charge in [0.1, 0.15) is 0 Å². The Hall–Kier alpha value is -1.05. The molecule has 1 amide bonds. The Labute approximate surface area is 85.3 Å². The Kier molecular flexibility index (Phi) is 2.22. The van der Waals surface area contributed by atoms with E-state index >= 15 is 0 Å². The van der Waals surface area contributed by atoms with Crippen LogP contribution in [-0.4, -0.2) is 23.4 Å². The molecule has 0 N–H and O–H groups in total. The smallest absolute Gasteiger partial charge is 0.254 e. The third-order valence-corrected chi connectivity index (χ3v) is 3.17. The molecule has 0 aromatic carbocycles. The largest absolute Gasteiger partial charge is 0.332 e. The van der Waals surface area contributed by atoms with Gasteiger partial charge in [0.2, 0.25) is 0 Å². The molecule has 0 bridgehead atoms. The second-order valence-electron chi connectivity index (χ2n) is 4.50. The first-order chi connectivity index (χ1) is 6.61. The number of nitrogens with zero attached hydrogens (tertiary/aromatic N) is 1. The molecule has 14 heavy (non-hydrogen) atoms. The summed E-state index contributed by atoms with van der Waals surface area (Å²) < 4.78 is 0. The summed E-state index contributed by atoms with van der Waals surface area (Å²) in [7, 11) is 0.